The van der Waals surface area contributed by atoms with E-state index in [1.807, 2.05) is 12.4 Å². The van der Waals surface area contributed by atoms with E-state index in [0.717, 1.165) is 0 Å². The number of nitrogens with one attached hydrogen (secondary N) is 1. The summed E-state index contributed by atoms with van der Waals surface area (Å²) in [4.78, 5) is 6.77. The van der Waals surface area contributed by atoms with Gasteiger partial charge in [0, 0.05) is 23.3 Å². The van der Waals surface area contributed by atoms with Crippen molar-refractivity contribution < 1.29 is 0 Å². The monoisotopic (exact) mass is 283 g/mol. The Labute approximate surface area is 127 Å². The summed E-state index contributed by atoms with van der Waals surface area (Å²) in [6.45, 7) is 0. The Hall–Kier alpha value is -1.45. The van der Waals surface area contributed by atoms with Crippen molar-refractivity contribution in [3.05, 3.63) is 42.2 Å². The Morgan fingerprint density at radius 1 is 1.19 bits per heavy atom. The van der Waals surface area contributed by atoms with Gasteiger partial charge in [-0.15, -0.1) is 0 Å². The van der Waals surface area contributed by atoms with E-state index in [0.29, 0.717) is 6.04 Å². The molecule has 3 rings (SSSR count). The fourth-order valence-corrected chi connectivity index (χ4v) is 4.08. The largest absolute Gasteiger partial charge is 0.311 e. The predicted octanol–water partition coefficient (Wildman–Crippen LogP) is 3.37. The number of likely N-dealkylation sites (N-methyl/N-ethyl adjacent to an activating group) is 2. The third-order valence-electron chi connectivity index (χ3n) is 5.21. The van der Waals surface area contributed by atoms with Crippen LogP contribution in [0, 0.1) is 0 Å². The molecule has 0 radical (unpaired) electrons. The van der Waals surface area contributed by atoms with Crippen LogP contribution in [-0.2, 0) is 0 Å². The number of aromatic nitrogens is 1. The van der Waals surface area contributed by atoms with Crippen LogP contribution >= 0.6 is 0 Å². The molecule has 1 fully saturated rings. The van der Waals surface area contributed by atoms with Crippen molar-refractivity contribution in [2.24, 2.45) is 0 Å². The first-order valence-electron chi connectivity index (χ1n) is 7.86. The first kappa shape index (κ1) is 14.5. The maximum absolute atomic E-state index is 4.34. The lowest BCUT2D eigenvalue weighted by Gasteiger charge is -2.43. The summed E-state index contributed by atoms with van der Waals surface area (Å²) in [5, 5.41) is 6.15. The van der Waals surface area contributed by atoms with Crippen LogP contribution in [0.2, 0.25) is 0 Å². The van der Waals surface area contributed by atoms with Crippen LogP contribution in [0.15, 0.2) is 36.7 Å². The third kappa shape index (κ3) is 2.34. The minimum absolute atomic E-state index is 0.207. The van der Waals surface area contributed by atoms with Crippen LogP contribution in [0.25, 0.3) is 10.8 Å². The summed E-state index contributed by atoms with van der Waals surface area (Å²) >= 11 is 0. The van der Waals surface area contributed by atoms with Gasteiger partial charge in [-0.1, -0.05) is 31.0 Å². The standard InChI is InChI=1S/C18H25N3/c1-19-17(18(21(2)3)10-4-5-11-18)15-8-6-7-14-9-12-20-13-16(14)15/h6-9,12-13,17,19H,4-5,10-11H2,1-3H3. The second-order valence-corrected chi connectivity index (χ2v) is 6.37. The fraction of sp³-hybridized carbons (Fsp3) is 0.500. The molecular formula is C18H25N3. The Kier molecular flexibility index (Phi) is 3.96. The zero-order valence-electron chi connectivity index (χ0n) is 13.3. The van der Waals surface area contributed by atoms with Crippen LogP contribution in [-0.4, -0.2) is 36.6 Å². The average Bonchev–Trinajstić information content (AvgIpc) is 2.99. The van der Waals surface area contributed by atoms with Crippen LogP contribution in [0.3, 0.4) is 0 Å². The van der Waals surface area contributed by atoms with Crippen molar-refractivity contribution in [3.63, 3.8) is 0 Å². The molecular weight excluding hydrogens is 258 g/mol. The van der Waals surface area contributed by atoms with Crippen molar-refractivity contribution in [2.75, 3.05) is 21.1 Å². The van der Waals surface area contributed by atoms with Crippen LogP contribution in [0.5, 0.6) is 0 Å². The van der Waals surface area contributed by atoms with Gasteiger partial charge < -0.3 is 10.2 Å². The zero-order chi connectivity index (χ0) is 14.9. The minimum Gasteiger partial charge on any atom is -0.311 e. The molecule has 3 nitrogen and oxygen atoms in total. The number of pyridine rings is 1. The Morgan fingerprint density at radius 2 is 1.95 bits per heavy atom. The number of benzene rings is 1. The number of rotatable bonds is 4. The molecule has 0 amide bonds. The fourth-order valence-electron chi connectivity index (χ4n) is 4.08. The van der Waals surface area contributed by atoms with Crippen molar-refractivity contribution in [1.29, 1.82) is 0 Å². The van der Waals surface area contributed by atoms with E-state index in [4.69, 9.17) is 0 Å². The highest BCUT2D eigenvalue weighted by Crippen LogP contribution is 2.44. The van der Waals surface area contributed by atoms with Crippen LogP contribution in [0.4, 0.5) is 0 Å². The van der Waals surface area contributed by atoms with Gasteiger partial charge in [0.05, 0.1) is 6.04 Å². The molecule has 2 aromatic rings. The summed E-state index contributed by atoms with van der Waals surface area (Å²) in [6, 6.07) is 9.03. The molecule has 0 spiro atoms. The second kappa shape index (κ2) is 5.74. The molecule has 1 aromatic carbocycles. The van der Waals surface area contributed by atoms with E-state index < -0.39 is 0 Å². The SMILES string of the molecule is CNC(c1cccc2ccncc12)C1(N(C)C)CCCC1. The van der Waals surface area contributed by atoms with Crippen molar-refractivity contribution in [3.8, 4) is 0 Å². The topological polar surface area (TPSA) is 28.2 Å². The predicted molar refractivity (Wildman–Crippen MR) is 88.4 cm³/mol. The molecule has 0 saturated heterocycles. The molecule has 1 N–H and O–H groups in total. The van der Waals surface area contributed by atoms with E-state index in [1.54, 1.807) is 0 Å². The summed E-state index contributed by atoms with van der Waals surface area (Å²) in [5.41, 5.74) is 1.58. The normalized spacial score (nSPS) is 19.2. The first-order chi connectivity index (χ1) is 10.2. The molecule has 112 valence electrons. The van der Waals surface area contributed by atoms with Crippen LogP contribution < -0.4 is 5.32 Å². The summed E-state index contributed by atoms with van der Waals surface area (Å²) in [7, 11) is 6.53. The third-order valence-corrected chi connectivity index (χ3v) is 5.21. The number of nitrogens with zero attached hydrogens (tertiary/aromatic N) is 2. The molecule has 1 aliphatic rings. The Morgan fingerprint density at radius 3 is 2.62 bits per heavy atom. The molecule has 0 aliphatic heterocycles. The lowest BCUT2D eigenvalue weighted by molar-refractivity contribution is 0.109. The van der Waals surface area contributed by atoms with Crippen LogP contribution in [0.1, 0.15) is 37.3 Å². The Bertz CT molecular complexity index is 609. The number of fused-ring (bicyclic) bond motifs is 1. The maximum atomic E-state index is 4.34. The van der Waals surface area contributed by atoms with Gasteiger partial charge in [0.15, 0.2) is 0 Å². The molecule has 1 saturated carbocycles. The van der Waals surface area contributed by atoms with E-state index >= 15 is 0 Å². The van der Waals surface area contributed by atoms with E-state index in [-0.39, 0.29) is 5.54 Å². The van der Waals surface area contributed by atoms with E-state index in [9.17, 15) is 0 Å². The van der Waals surface area contributed by atoms with Crippen molar-refractivity contribution >= 4 is 10.8 Å². The highest BCUT2D eigenvalue weighted by Gasteiger charge is 2.43. The zero-order valence-corrected chi connectivity index (χ0v) is 13.3. The number of hydrogen-bond acceptors (Lipinski definition) is 3. The van der Waals surface area contributed by atoms with Gasteiger partial charge in [-0.3, -0.25) is 4.98 Å². The van der Waals surface area contributed by atoms with Crippen molar-refractivity contribution in [1.82, 2.24) is 15.2 Å². The lowest BCUT2D eigenvalue weighted by Crippen LogP contribution is -2.51. The van der Waals surface area contributed by atoms with Crippen molar-refractivity contribution in [2.45, 2.75) is 37.3 Å². The van der Waals surface area contributed by atoms with Gasteiger partial charge in [0.1, 0.15) is 0 Å². The molecule has 1 aliphatic carbocycles. The maximum Gasteiger partial charge on any atom is 0.0511 e. The summed E-state index contributed by atoms with van der Waals surface area (Å²) in [5.74, 6) is 0. The molecule has 1 unspecified atom stereocenters. The summed E-state index contributed by atoms with van der Waals surface area (Å²) < 4.78 is 0. The number of hydrogen-bond donors (Lipinski definition) is 1. The van der Waals surface area contributed by atoms with Gasteiger partial charge in [0.25, 0.3) is 0 Å². The Balaban J connectivity index is 2.14. The van der Waals surface area contributed by atoms with Gasteiger partial charge in [-0.05, 0) is 51.0 Å². The quantitative estimate of drug-likeness (QED) is 0.932. The molecule has 0 bridgehead atoms. The summed E-state index contributed by atoms with van der Waals surface area (Å²) in [6.07, 6.45) is 9.02. The van der Waals surface area contributed by atoms with Gasteiger partial charge >= 0.3 is 0 Å². The molecule has 1 atom stereocenters. The average molecular weight is 283 g/mol. The van der Waals surface area contributed by atoms with E-state index in [2.05, 4.69) is 60.6 Å². The molecule has 3 heteroatoms. The first-order valence-corrected chi connectivity index (χ1v) is 7.86. The molecule has 1 aromatic heterocycles. The second-order valence-electron chi connectivity index (χ2n) is 6.37. The minimum atomic E-state index is 0.207. The highest BCUT2D eigenvalue weighted by atomic mass is 15.2. The van der Waals surface area contributed by atoms with Gasteiger partial charge in [-0.2, -0.15) is 0 Å². The smallest absolute Gasteiger partial charge is 0.0511 e. The van der Waals surface area contributed by atoms with Gasteiger partial charge in [0.2, 0.25) is 0 Å². The highest BCUT2D eigenvalue weighted by molar-refractivity contribution is 5.85. The van der Waals surface area contributed by atoms with E-state index in [1.165, 1.54) is 42.0 Å². The molecule has 1 heterocycles. The molecule has 21 heavy (non-hydrogen) atoms. The lowest BCUT2D eigenvalue weighted by atomic mass is 9.81. The van der Waals surface area contributed by atoms with Gasteiger partial charge in [-0.25, -0.2) is 0 Å².